The number of aliphatic carboxylic acids is 2. The molecule has 0 fully saturated rings. The Kier molecular flexibility index (Phi) is 48.7. The van der Waals surface area contributed by atoms with Gasteiger partial charge in [-0.05, 0) is 127 Å². The van der Waals surface area contributed by atoms with Crippen LogP contribution in [0.3, 0.4) is 0 Å². The lowest BCUT2D eigenvalue weighted by Gasteiger charge is -2.30. The van der Waals surface area contributed by atoms with E-state index in [1.54, 1.807) is 71.9 Å². The number of aromatic amines is 1. The van der Waals surface area contributed by atoms with Crippen molar-refractivity contribution in [2.45, 2.75) is 256 Å². The molecule has 2 rings (SSSR count). The van der Waals surface area contributed by atoms with Crippen LogP contribution in [0, 0.1) is 34.0 Å². The van der Waals surface area contributed by atoms with Gasteiger partial charge in [-0.3, -0.25) is 92.9 Å². The van der Waals surface area contributed by atoms with Crippen LogP contribution in [-0.4, -0.2) is 255 Å². The van der Waals surface area contributed by atoms with Crippen LogP contribution in [0.15, 0.2) is 42.9 Å². The number of aromatic nitrogens is 2. The van der Waals surface area contributed by atoms with E-state index in [2.05, 4.69) is 95.0 Å². The van der Waals surface area contributed by atoms with Crippen molar-refractivity contribution in [2.24, 2.45) is 52.2 Å². The van der Waals surface area contributed by atoms with Gasteiger partial charge in [0.25, 0.3) is 0 Å². The Hall–Kier alpha value is -12.4. The van der Waals surface area contributed by atoms with E-state index in [1.807, 2.05) is 0 Å². The van der Waals surface area contributed by atoms with Gasteiger partial charge >= 0.3 is 11.9 Å². The third-order valence-corrected chi connectivity index (χ3v) is 19.0. The average molecular weight is 1730 g/mol. The third-order valence-electron chi connectivity index (χ3n) is 19.0. The second-order valence-electron chi connectivity index (χ2n) is 30.5. The molecule has 682 valence electrons. The lowest BCUT2D eigenvalue weighted by Crippen LogP contribution is -2.62. The summed E-state index contributed by atoms with van der Waals surface area (Å²) in [5.41, 5.74) is 34.3. The Balaban J connectivity index is 2.62. The van der Waals surface area contributed by atoms with Crippen LogP contribution in [-0.2, 0) is 89.6 Å². The van der Waals surface area contributed by atoms with E-state index in [4.69, 9.17) is 50.6 Å². The van der Waals surface area contributed by atoms with Crippen LogP contribution in [0.2, 0.25) is 0 Å². The zero-order valence-corrected chi connectivity index (χ0v) is 70.4. The summed E-state index contributed by atoms with van der Waals surface area (Å²) in [6.45, 7) is 11.9. The van der Waals surface area contributed by atoms with Crippen molar-refractivity contribution in [3.05, 3.63) is 54.1 Å². The monoisotopic (exact) mass is 1720 g/mol. The van der Waals surface area contributed by atoms with Crippen LogP contribution in [0.5, 0.6) is 0 Å². The highest BCUT2D eigenvalue weighted by molar-refractivity contribution is 6.00. The van der Waals surface area contributed by atoms with E-state index < -0.39 is 222 Å². The minimum absolute atomic E-state index is 0.000689. The quantitative estimate of drug-likeness (QED) is 0.0166. The number of aliphatic hydroxyl groups is 1. The van der Waals surface area contributed by atoms with Crippen LogP contribution in [0.4, 0.5) is 0 Å². The number of H-pyrrole nitrogens is 1. The van der Waals surface area contributed by atoms with Gasteiger partial charge in [0.1, 0.15) is 72.5 Å². The summed E-state index contributed by atoms with van der Waals surface area (Å²) in [6, 6.07) is -11.2. The van der Waals surface area contributed by atoms with E-state index in [-0.39, 0.29) is 134 Å². The SMILES string of the molecule is CC[C@H](C)[C@H](NC(=O)[C@H](Cc1ccccc1)NC(=O)[C@H](CCCNC(=N)N)NC(=O)[C@@H](NC(=O)CNC(=O)[C@H](Cc1c[nH]cn1)NC(=O)[C@@H](N)CCC(N)=O)[C@@H](C)O)C(=O)N[C@@H](CCCNC(=N)N)C(=O)N[C@@H](CC(C)C)C(=O)N[C@@H](CCCCN)C(=O)N[C@@H](CC(C)C)C(=O)N[C@@H](CCC(=O)O)C(=O)N[C@@H](CCCNC(=N)N)C(=O)N[C@@H](C)C(=O)O. The number of carboxylic acid groups (broad SMARTS) is 2. The standard InChI is InChI=1S/C76H129N27O19/c1-9-41(6)59(103-70(118)54(34-44-18-11-10-12-19-44)101-66(114)50(23-17-31-89-76(84)85)97-72(120)60(43(8)104)102-57(106)37-90-62(110)55(35-45-36-86-38-91-45)98-61(109)46(78)24-26-56(79)105)71(119)96-49(22-16-30-88-75(82)83)65(113)100-52(32-39(2)3)68(116)94-47(20-13-14-28-77)64(112)99-53(33-40(4)5)69(117)95-51(25-27-58(107)108)67(115)93-48(21-15-29-87-74(80)81)63(111)92-42(7)73(121)122/h10-12,18-19,36,38-43,46-55,59-60,104H,9,13-17,20-35,37,77-78H2,1-8H3,(H2,79,105)(H,86,91)(H,90,110)(H,92,111)(H,93,115)(H,94,116)(H,95,117)(H,96,119)(H,97,120)(H,98,109)(H,99,112)(H,100,113)(H,101,114)(H,102,106)(H,103,118)(H,107,108)(H,121,122)(H4,80,81,87)(H4,82,83,88)(H4,84,85,89)/t41-,42-,43+,46-,47-,48-,49-,50-,51-,52-,53-,54-,55-,59-,60-/m0/s1. The first-order chi connectivity index (χ1) is 57.5. The minimum atomic E-state index is -1.82. The zero-order valence-electron chi connectivity index (χ0n) is 70.4. The molecule has 46 heteroatoms. The number of carbonyl (C=O) groups is 16. The topological polar surface area (TPSA) is 783 Å². The van der Waals surface area contributed by atoms with Crippen molar-refractivity contribution in [3.63, 3.8) is 0 Å². The molecule has 0 saturated heterocycles. The number of hydrogen-bond acceptors (Lipinski definition) is 23. The predicted octanol–water partition coefficient (Wildman–Crippen LogP) is -6.87. The number of nitrogens with zero attached hydrogens (tertiary/aromatic N) is 1. The van der Waals surface area contributed by atoms with E-state index in [1.165, 1.54) is 19.4 Å². The number of guanidine groups is 3. The summed E-state index contributed by atoms with van der Waals surface area (Å²) in [6.07, 6.45) is -0.788. The molecule has 1 heterocycles. The maximum atomic E-state index is 15.0. The maximum Gasteiger partial charge on any atom is 0.325 e. The first-order valence-electron chi connectivity index (χ1n) is 40.5. The van der Waals surface area contributed by atoms with E-state index in [0.29, 0.717) is 17.7 Å². The molecule has 1 aromatic heterocycles. The van der Waals surface area contributed by atoms with Gasteiger partial charge in [-0.2, -0.15) is 0 Å². The molecule has 46 nitrogen and oxygen atoms in total. The number of benzene rings is 1. The van der Waals surface area contributed by atoms with Gasteiger partial charge in [0.15, 0.2) is 17.9 Å². The molecule has 122 heavy (non-hydrogen) atoms. The average Bonchev–Trinajstić information content (AvgIpc) is 1.09. The molecule has 0 radical (unpaired) electrons. The first kappa shape index (κ1) is 106. The van der Waals surface area contributed by atoms with Gasteiger partial charge in [-0.15, -0.1) is 0 Å². The number of primary amides is 1. The highest BCUT2D eigenvalue weighted by Crippen LogP contribution is 2.17. The number of carbonyl (C=O) groups excluding carboxylic acids is 14. The largest absolute Gasteiger partial charge is 0.481 e. The second kappa shape index (κ2) is 56.2. The first-order valence-corrected chi connectivity index (χ1v) is 40.5. The molecular formula is C76H129N27O19. The molecule has 0 bridgehead atoms. The molecule has 0 spiro atoms. The minimum Gasteiger partial charge on any atom is -0.481 e. The van der Waals surface area contributed by atoms with E-state index in [0.717, 1.165) is 6.92 Å². The fourth-order valence-electron chi connectivity index (χ4n) is 12.1. The van der Waals surface area contributed by atoms with Crippen LogP contribution in [0.1, 0.15) is 169 Å². The van der Waals surface area contributed by atoms with Crippen molar-refractivity contribution in [1.29, 1.82) is 16.2 Å². The molecule has 1 aromatic carbocycles. The number of unbranched alkanes of at least 4 members (excludes halogenated alkanes) is 1. The van der Waals surface area contributed by atoms with E-state index >= 15 is 9.59 Å². The van der Waals surface area contributed by atoms with Gasteiger partial charge in [0, 0.05) is 51.5 Å². The van der Waals surface area contributed by atoms with Crippen molar-refractivity contribution in [2.75, 3.05) is 32.7 Å². The summed E-state index contributed by atoms with van der Waals surface area (Å²) in [5, 5.41) is 93.9. The molecule has 2 aromatic rings. The Morgan fingerprint density at radius 3 is 1.25 bits per heavy atom. The zero-order chi connectivity index (χ0) is 91.9. The number of carboxylic acids is 2. The molecular weight excluding hydrogens is 1600 g/mol. The summed E-state index contributed by atoms with van der Waals surface area (Å²) in [7, 11) is 0. The van der Waals surface area contributed by atoms with Crippen LogP contribution < -0.4 is 119 Å². The normalized spacial score (nSPS) is 14.8. The van der Waals surface area contributed by atoms with Crippen molar-refractivity contribution < 1.29 is 92.0 Å². The molecule has 35 N–H and O–H groups in total. The number of nitrogens with one attached hydrogen (secondary N) is 20. The molecule has 14 amide bonds. The molecule has 0 saturated carbocycles. The van der Waals surface area contributed by atoms with Crippen LogP contribution >= 0.6 is 0 Å². The number of imidazole rings is 1. The van der Waals surface area contributed by atoms with Gasteiger partial charge in [0.2, 0.25) is 82.7 Å². The third kappa shape index (κ3) is 42.5. The summed E-state index contributed by atoms with van der Waals surface area (Å²) in [5.74, 6) is -18.6. The summed E-state index contributed by atoms with van der Waals surface area (Å²) < 4.78 is 0. The predicted molar refractivity (Wildman–Crippen MR) is 446 cm³/mol. The van der Waals surface area contributed by atoms with Gasteiger partial charge in [-0.25, -0.2) is 4.98 Å². The van der Waals surface area contributed by atoms with Crippen LogP contribution in [0.25, 0.3) is 0 Å². The Morgan fingerprint density at radius 1 is 0.443 bits per heavy atom. The lowest BCUT2D eigenvalue weighted by atomic mass is 9.96. The molecule has 0 aliphatic heterocycles. The van der Waals surface area contributed by atoms with Crippen molar-refractivity contribution >= 4 is 113 Å². The number of amides is 14. The lowest BCUT2D eigenvalue weighted by molar-refractivity contribution is -0.142. The summed E-state index contributed by atoms with van der Waals surface area (Å²) in [4.78, 5) is 227. The Bertz CT molecular complexity index is 3800. The fraction of sp³-hybridized carbons (Fsp3) is 0.632. The highest BCUT2D eigenvalue weighted by atomic mass is 16.4. The Morgan fingerprint density at radius 2 is 0.844 bits per heavy atom. The fourth-order valence-corrected chi connectivity index (χ4v) is 12.1. The van der Waals surface area contributed by atoms with Gasteiger partial charge in [0.05, 0.1) is 30.7 Å². The highest BCUT2D eigenvalue weighted by Gasteiger charge is 2.39. The maximum absolute atomic E-state index is 15.0. The summed E-state index contributed by atoms with van der Waals surface area (Å²) >= 11 is 0. The van der Waals surface area contributed by atoms with Crippen molar-refractivity contribution in [3.8, 4) is 0 Å². The molecule has 15 atom stereocenters. The van der Waals surface area contributed by atoms with Gasteiger partial charge < -0.3 is 140 Å². The Labute approximate surface area is 707 Å². The smallest absolute Gasteiger partial charge is 0.325 e. The van der Waals surface area contributed by atoms with E-state index in [9.17, 15) is 82.4 Å². The van der Waals surface area contributed by atoms with Gasteiger partial charge in [-0.1, -0.05) is 78.3 Å². The molecule has 0 unspecified atom stereocenters. The molecule has 0 aliphatic rings. The molecule has 0 aliphatic carbocycles. The number of aliphatic hydroxyl groups excluding tert-OH is 1. The number of hydrogen-bond donors (Lipinski definition) is 29. The second-order valence-corrected chi connectivity index (χ2v) is 30.5. The number of rotatable bonds is 60. The number of nitrogens with two attached hydrogens (primary N) is 6. The van der Waals surface area contributed by atoms with Crippen molar-refractivity contribution in [1.82, 2.24) is 95.0 Å².